The van der Waals surface area contributed by atoms with Crippen molar-refractivity contribution in [2.45, 2.75) is 11.8 Å². The number of anilines is 1. The van der Waals surface area contributed by atoms with Crippen LogP contribution in [0.4, 0.5) is 5.69 Å². The molecule has 1 aromatic heterocycles. The molecular weight excluding hydrogens is 258 g/mol. The van der Waals surface area contributed by atoms with Gasteiger partial charge in [0.2, 0.25) is 5.76 Å². The number of hydrogen-bond donors (Lipinski definition) is 2. The van der Waals surface area contributed by atoms with Gasteiger partial charge in [-0.3, -0.25) is 0 Å². The Morgan fingerprint density at radius 3 is 2.67 bits per heavy atom. The van der Waals surface area contributed by atoms with Crippen molar-refractivity contribution in [2.75, 3.05) is 11.5 Å². The van der Waals surface area contributed by atoms with E-state index in [4.69, 9.17) is 15.3 Å². The second kappa shape index (κ2) is 4.02. The highest BCUT2D eigenvalue weighted by Gasteiger charge is 2.28. The molecule has 0 fully saturated rings. The highest BCUT2D eigenvalue weighted by atomic mass is 32.2. The zero-order chi connectivity index (χ0) is 13.5. The first kappa shape index (κ1) is 12.4. The molecule has 96 valence electrons. The summed E-state index contributed by atoms with van der Waals surface area (Å²) in [5.74, 6) is -2.20. The molecule has 0 radical (unpaired) electrons. The van der Waals surface area contributed by atoms with Crippen molar-refractivity contribution in [1.29, 1.82) is 0 Å². The Hall–Kier alpha value is -2.02. The van der Waals surface area contributed by atoms with Gasteiger partial charge in [-0.2, -0.15) is 0 Å². The molecule has 1 aromatic carbocycles. The summed E-state index contributed by atoms with van der Waals surface area (Å²) in [4.78, 5) is 10.7. The molecule has 3 N–H and O–H groups in total. The highest BCUT2D eigenvalue weighted by molar-refractivity contribution is 7.91. The topological polar surface area (TPSA) is 111 Å². The van der Waals surface area contributed by atoms with Gasteiger partial charge in [0.25, 0.3) is 0 Å². The minimum absolute atomic E-state index is 0.189. The van der Waals surface area contributed by atoms with Gasteiger partial charge >= 0.3 is 5.97 Å². The average Bonchev–Trinajstić information content (AvgIpc) is 2.68. The summed E-state index contributed by atoms with van der Waals surface area (Å²) in [7, 11) is -3.70. The van der Waals surface area contributed by atoms with E-state index in [2.05, 4.69) is 0 Å². The maximum absolute atomic E-state index is 11.9. The van der Waals surface area contributed by atoms with E-state index in [-0.39, 0.29) is 21.6 Å². The van der Waals surface area contributed by atoms with E-state index in [1.165, 1.54) is 25.1 Å². The predicted octanol–water partition coefficient (Wildman–Crippen LogP) is 1.51. The van der Waals surface area contributed by atoms with Crippen LogP contribution in [0.1, 0.15) is 17.5 Å². The molecule has 0 aliphatic heterocycles. The van der Waals surface area contributed by atoms with Crippen molar-refractivity contribution >= 4 is 32.5 Å². The number of nitrogen functional groups attached to an aromatic ring is 1. The Morgan fingerprint density at radius 1 is 1.44 bits per heavy atom. The van der Waals surface area contributed by atoms with Crippen molar-refractivity contribution in [1.82, 2.24) is 0 Å². The van der Waals surface area contributed by atoms with Crippen LogP contribution in [0.15, 0.2) is 27.5 Å². The van der Waals surface area contributed by atoms with Crippen LogP contribution in [0.2, 0.25) is 0 Å². The second-order valence-electron chi connectivity index (χ2n) is 3.72. The van der Waals surface area contributed by atoms with Crippen LogP contribution in [0.5, 0.6) is 0 Å². The van der Waals surface area contributed by atoms with E-state index in [0.29, 0.717) is 5.69 Å². The largest absolute Gasteiger partial charge is 0.475 e. The van der Waals surface area contributed by atoms with E-state index in [1.54, 1.807) is 0 Å². The summed E-state index contributed by atoms with van der Waals surface area (Å²) in [5, 5.41) is 9.21. The van der Waals surface area contributed by atoms with Gasteiger partial charge in [-0.15, -0.1) is 0 Å². The van der Waals surface area contributed by atoms with Gasteiger partial charge in [-0.25, -0.2) is 13.2 Å². The fourth-order valence-electron chi connectivity index (χ4n) is 1.69. The third-order valence-corrected chi connectivity index (χ3v) is 4.34. The number of benzene rings is 1. The zero-order valence-electron chi connectivity index (χ0n) is 9.50. The first-order valence-electron chi connectivity index (χ1n) is 5.15. The van der Waals surface area contributed by atoms with Crippen LogP contribution >= 0.6 is 0 Å². The number of carboxylic acids is 1. The minimum atomic E-state index is -3.70. The van der Waals surface area contributed by atoms with E-state index in [0.717, 1.165) is 0 Å². The highest BCUT2D eigenvalue weighted by Crippen LogP contribution is 2.32. The minimum Gasteiger partial charge on any atom is -0.475 e. The summed E-state index contributed by atoms with van der Waals surface area (Å²) < 4.78 is 29.0. The first-order valence-corrected chi connectivity index (χ1v) is 6.80. The number of carboxylic acid groups (broad SMARTS) is 1. The molecule has 0 unspecified atom stereocenters. The molecule has 2 aromatic rings. The molecule has 0 saturated heterocycles. The lowest BCUT2D eigenvalue weighted by Gasteiger charge is -2.00. The maximum Gasteiger partial charge on any atom is 0.373 e. The summed E-state index contributed by atoms with van der Waals surface area (Å²) in [6.07, 6.45) is 0. The van der Waals surface area contributed by atoms with Crippen LogP contribution in [0.25, 0.3) is 11.0 Å². The van der Waals surface area contributed by atoms with Crippen LogP contribution in [-0.2, 0) is 9.84 Å². The molecule has 0 amide bonds. The number of fused-ring (bicyclic) bond motifs is 1. The Kier molecular flexibility index (Phi) is 2.78. The van der Waals surface area contributed by atoms with Crippen molar-refractivity contribution < 1.29 is 22.7 Å². The van der Waals surface area contributed by atoms with Gasteiger partial charge in [-0.05, 0) is 18.2 Å². The maximum atomic E-state index is 11.9. The number of furan rings is 1. The molecule has 0 bridgehead atoms. The normalized spacial score (nSPS) is 11.8. The molecule has 0 atom stereocenters. The zero-order valence-corrected chi connectivity index (χ0v) is 10.3. The third kappa shape index (κ3) is 1.82. The summed E-state index contributed by atoms with van der Waals surface area (Å²) in [5.41, 5.74) is 6.11. The number of hydrogen-bond acceptors (Lipinski definition) is 5. The SMILES string of the molecule is CCS(=O)(=O)c1c(C(=O)O)oc2ccc(N)cc12. The number of nitrogens with two attached hydrogens (primary N) is 1. The van der Waals surface area contributed by atoms with Gasteiger partial charge in [0.05, 0.1) is 5.75 Å². The molecular formula is C11H11NO5S. The third-order valence-electron chi connectivity index (χ3n) is 2.55. The van der Waals surface area contributed by atoms with Crippen molar-refractivity contribution in [3.63, 3.8) is 0 Å². The fraction of sp³-hybridized carbons (Fsp3) is 0.182. The Bertz CT molecular complexity index is 729. The van der Waals surface area contributed by atoms with Gasteiger partial charge in [-0.1, -0.05) is 6.92 Å². The molecule has 0 aliphatic rings. The molecule has 0 saturated carbocycles. The van der Waals surface area contributed by atoms with Crippen molar-refractivity contribution in [3.8, 4) is 0 Å². The van der Waals surface area contributed by atoms with Gasteiger partial charge in [0, 0.05) is 11.1 Å². The smallest absolute Gasteiger partial charge is 0.373 e. The predicted molar refractivity (Wildman–Crippen MR) is 65.3 cm³/mol. The Balaban J connectivity index is 2.94. The van der Waals surface area contributed by atoms with Gasteiger partial charge in [0.1, 0.15) is 10.5 Å². The van der Waals surface area contributed by atoms with Gasteiger partial charge in [0.15, 0.2) is 9.84 Å². The van der Waals surface area contributed by atoms with Crippen molar-refractivity contribution in [3.05, 3.63) is 24.0 Å². The number of aromatic carboxylic acids is 1. The second-order valence-corrected chi connectivity index (χ2v) is 5.94. The van der Waals surface area contributed by atoms with Crippen LogP contribution in [-0.4, -0.2) is 25.2 Å². The molecule has 1 heterocycles. The molecule has 0 spiro atoms. The van der Waals surface area contributed by atoms with E-state index < -0.39 is 21.6 Å². The van der Waals surface area contributed by atoms with Crippen LogP contribution < -0.4 is 5.73 Å². The molecule has 0 aliphatic carbocycles. The quantitative estimate of drug-likeness (QED) is 0.817. The van der Waals surface area contributed by atoms with Crippen LogP contribution in [0.3, 0.4) is 0 Å². The summed E-state index contributed by atoms with van der Waals surface area (Å²) >= 11 is 0. The Morgan fingerprint density at radius 2 is 2.11 bits per heavy atom. The lowest BCUT2D eigenvalue weighted by atomic mass is 10.2. The average molecular weight is 269 g/mol. The lowest BCUT2D eigenvalue weighted by molar-refractivity contribution is 0.0659. The molecule has 6 nitrogen and oxygen atoms in total. The van der Waals surface area contributed by atoms with Crippen LogP contribution in [0, 0.1) is 0 Å². The summed E-state index contributed by atoms with van der Waals surface area (Å²) in [6, 6.07) is 4.36. The van der Waals surface area contributed by atoms with E-state index >= 15 is 0 Å². The standard InChI is InChI=1S/C11H11NO5S/c1-2-18(15,16)10-7-5-6(12)3-4-8(7)17-9(10)11(13)14/h3-5H,2,12H2,1H3,(H,13,14). The lowest BCUT2D eigenvalue weighted by Crippen LogP contribution is -2.08. The molecule has 7 heteroatoms. The van der Waals surface area contributed by atoms with Crippen molar-refractivity contribution in [2.24, 2.45) is 0 Å². The molecule has 2 rings (SSSR count). The van der Waals surface area contributed by atoms with E-state index in [9.17, 15) is 13.2 Å². The Labute approximate surface area is 103 Å². The number of sulfone groups is 1. The fourth-order valence-corrected chi connectivity index (χ4v) is 2.88. The van der Waals surface area contributed by atoms with E-state index in [1.807, 2.05) is 0 Å². The summed E-state index contributed by atoms with van der Waals surface area (Å²) in [6.45, 7) is 1.44. The van der Waals surface area contributed by atoms with Gasteiger partial charge < -0.3 is 15.3 Å². The molecule has 18 heavy (non-hydrogen) atoms. The first-order chi connectivity index (χ1) is 8.36. The number of rotatable bonds is 3. The number of carbonyl (C=O) groups is 1. The monoisotopic (exact) mass is 269 g/mol.